The van der Waals surface area contributed by atoms with Crippen molar-refractivity contribution < 1.29 is 155 Å². The molecule has 148 heavy (non-hydrogen) atoms. The van der Waals surface area contributed by atoms with E-state index in [1.54, 1.807) is 20.8 Å². The van der Waals surface area contributed by atoms with Crippen LogP contribution in [0.4, 0.5) is 4.79 Å². The van der Waals surface area contributed by atoms with E-state index in [0.29, 0.717) is 123 Å². The van der Waals surface area contributed by atoms with E-state index in [1.807, 2.05) is 27.7 Å². The van der Waals surface area contributed by atoms with Gasteiger partial charge in [0.1, 0.15) is 54.9 Å². The second-order valence-corrected chi connectivity index (χ2v) is 41.4. The molecule has 16 unspecified atom stereocenters. The molecular formula is C107H201N9O32. The van der Waals surface area contributed by atoms with E-state index in [9.17, 15) is 89.1 Å². The van der Waals surface area contributed by atoms with Crippen LogP contribution in [-0.4, -0.2) is 367 Å². The molecule has 3 heterocycles. The second-order valence-electron chi connectivity index (χ2n) is 41.4. The van der Waals surface area contributed by atoms with Crippen molar-refractivity contribution >= 4 is 53.4 Å². The molecule has 0 radical (unpaired) electrons. The lowest BCUT2D eigenvalue weighted by Gasteiger charge is -2.40. The summed E-state index contributed by atoms with van der Waals surface area (Å²) in [6.07, 6.45) is 21.7. The number of nitrogens with one attached hydrogen (secondary N) is 9. The minimum absolute atomic E-state index is 0.0438. The van der Waals surface area contributed by atoms with Crippen LogP contribution >= 0.6 is 0 Å². The van der Waals surface area contributed by atoms with Gasteiger partial charge in [0.2, 0.25) is 47.3 Å². The SMILES string of the molecule is CCCCCCCCCCCCCCOC(COCCCCCCCCCCCC)COC(=O)NCCCCCC(=O)NCCC(C)(C)OCCC(C)(C)OCCC(=O)NC(COCCC(=O)NCCCNC(=O)CCCCOC1OC(CO)C(O)C(O)C1C)(COCCC(=O)NCCCNC(=O)CCCCOC1OC(CO)C(O)C(O)C1C)COCCC(=O)NCCCNC(=O)CCCCOC1OC(CO)C(O)C(O)C1C. The van der Waals surface area contributed by atoms with Gasteiger partial charge in [-0.25, -0.2) is 4.79 Å². The Bertz CT molecular complexity index is 3190. The number of amides is 9. The fraction of sp³-hybridized carbons (Fsp3) is 0.916. The first-order chi connectivity index (χ1) is 71.2. The molecule has 0 saturated carbocycles. The first-order valence-electron chi connectivity index (χ1n) is 56.2. The fourth-order valence-corrected chi connectivity index (χ4v) is 17.0. The number of hydrogen-bond donors (Lipinski definition) is 18. The summed E-state index contributed by atoms with van der Waals surface area (Å²) in [5.41, 5.74) is -2.91. The molecule has 3 saturated heterocycles. The Labute approximate surface area is 883 Å². The number of rotatable bonds is 95. The summed E-state index contributed by atoms with van der Waals surface area (Å²) in [5, 5.41) is 116. The van der Waals surface area contributed by atoms with Gasteiger partial charge in [-0.05, 0) is 124 Å². The summed E-state index contributed by atoms with van der Waals surface area (Å²) < 4.78 is 83.3. The molecule has 41 heteroatoms. The molecule has 0 aliphatic carbocycles. The van der Waals surface area contributed by atoms with Crippen molar-refractivity contribution in [2.75, 3.05) is 171 Å². The average molecular weight is 2130 g/mol. The molecule has 9 amide bonds. The van der Waals surface area contributed by atoms with Crippen LogP contribution in [0.2, 0.25) is 0 Å². The zero-order valence-corrected chi connectivity index (χ0v) is 91.6. The van der Waals surface area contributed by atoms with Crippen molar-refractivity contribution in [2.45, 2.75) is 441 Å². The highest BCUT2D eigenvalue weighted by atomic mass is 16.7. The normalized spacial score (nSPS) is 21.7. The van der Waals surface area contributed by atoms with Crippen molar-refractivity contribution in [3.05, 3.63) is 0 Å². The lowest BCUT2D eigenvalue weighted by atomic mass is 9.92. The number of carbonyl (C=O) groups excluding carboxylic acids is 9. The summed E-state index contributed by atoms with van der Waals surface area (Å²) in [5.74, 6) is -3.93. The van der Waals surface area contributed by atoms with E-state index < -0.39 is 140 Å². The fourth-order valence-electron chi connectivity index (χ4n) is 17.0. The van der Waals surface area contributed by atoms with Crippen LogP contribution in [0, 0.1) is 17.8 Å². The van der Waals surface area contributed by atoms with E-state index >= 15 is 0 Å². The van der Waals surface area contributed by atoms with Crippen LogP contribution in [0.3, 0.4) is 0 Å². The number of aliphatic hydroxyl groups is 9. The topological polar surface area (TPSA) is 573 Å². The molecule has 3 rings (SSSR count). The van der Waals surface area contributed by atoms with E-state index in [1.165, 1.54) is 116 Å². The lowest BCUT2D eigenvalue weighted by molar-refractivity contribution is -0.282. The van der Waals surface area contributed by atoms with Crippen molar-refractivity contribution in [3.63, 3.8) is 0 Å². The maximum Gasteiger partial charge on any atom is 0.407 e. The predicted molar refractivity (Wildman–Crippen MR) is 557 cm³/mol. The van der Waals surface area contributed by atoms with Gasteiger partial charge in [-0.1, -0.05) is 169 Å². The molecule has 0 aromatic rings. The Morgan fingerprint density at radius 2 is 0.588 bits per heavy atom. The zero-order chi connectivity index (χ0) is 109. The van der Waals surface area contributed by atoms with Gasteiger partial charge in [-0.15, -0.1) is 0 Å². The number of alkyl carbamates (subject to hydrolysis) is 1. The van der Waals surface area contributed by atoms with Crippen LogP contribution in [0.25, 0.3) is 0 Å². The van der Waals surface area contributed by atoms with E-state index in [4.69, 9.17) is 66.3 Å². The molecule has 3 fully saturated rings. The van der Waals surface area contributed by atoms with Crippen LogP contribution in [-0.2, 0) is 105 Å². The maximum absolute atomic E-state index is 14.4. The molecule has 0 aromatic carbocycles. The monoisotopic (exact) mass is 2120 g/mol. The quantitative estimate of drug-likeness (QED) is 0.0257. The van der Waals surface area contributed by atoms with Gasteiger partial charge in [-0.3, -0.25) is 38.4 Å². The molecule has 0 aromatic heterocycles. The Hall–Kier alpha value is -5.85. The lowest BCUT2D eigenvalue weighted by Crippen LogP contribution is -2.59. The van der Waals surface area contributed by atoms with E-state index in [-0.39, 0.29) is 211 Å². The highest BCUT2D eigenvalue weighted by Gasteiger charge is 2.46. The first kappa shape index (κ1) is 136. The molecule has 3 aliphatic heterocycles. The van der Waals surface area contributed by atoms with E-state index in [0.717, 1.165) is 32.1 Å². The Balaban J connectivity index is 1.58. The van der Waals surface area contributed by atoms with E-state index in [2.05, 4.69) is 61.7 Å². The minimum atomic E-state index is -1.50. The second kappa shape index (κ2) is 85.4. The summed E-state index contributed by atoms with van der Waals surface area (Å²) >= 11 is 0. The summed E-state index contributed by atoms with van der Waals surface area (Å²) in [6.45, 7) is 19.3. The largest absolute Gasteiger partial charge is 0.447 e. The third-order valence-electron chi connectivity index (χ3n) is 26.9. The molecule has 866 valence electrons. The highest BCUT2D eigenvalue weighted by molar-refractivity contribution is 5.79. The Kier molecular flexibility index (Phi) is 78.7. The third kappa shape index (κ3) is 66.4. The summed E-state index contributed by atoms with van der Waals surface area (Å²) in [6, 6.07) is 0. The number of unbranched alkanes of at least 4 members (excludes halogenated alkanes) is 25. The number of ether oxygens (including phenoxy) is 14. The zero-order valence-electron chi connectivity index (χ0n) is 91.6. The van der Waals surface area contributed by atoms with Crippen molar-refractivity contribution in [1.82, 2.24) is 47.9 Å². The number of hydrogen-bond acceptors (Lipinski definition) is 32. The van der Waals surface area contributed by atoms with Crippen LogP contribution in [0.1, 0.15) is 345 Å². The van der Waals surface area contributed by atoms with Gasteiger partial charge >= 0.3 is 6.09 Å². The van der Waals surface area contributed by atoms with Gasteiger partial charge in [0.25, 0.3) is 0 Å². The average Bonchev–Trinajstić information content (AvgIpc) is 0.824. The molecular weight excluding hydrogens is 1920 g/mol. The Morgan fingerprint density at radius 1 is 0.291 bits per heavy atom. The highest BCUT2D eigenvalue weighted by Crippen LogP contribution is 2.31. The van der Waals surface area contributed by atoms with Gasteiger partial charge < -0.3 is 160 Å². The minimum Gasteiger partial charge on any atom is -0.447 e. The maximum atomic E-state index is 14.4. The number of aliphatic hydroxyl groups excluding tert-OH is 9. The molecule has 3 aliphatic rings. The first-order valence-corrected chi connectivity index (χ1v) is 56.2. The molecule has 41 nitrogen and oxygen atoms in total. The van der Waals surface area contributed by atoms with Crippen molar-refractivity contribution in [3.8, 4) is 0 Å². The predicted octanol–water partition coefficient (Wildman–Crippen LogP) is 7.90. The smallest absolute Gasteiger partial charge is 0.407 e. The summed E-state index contributed by atoms with van der Waals surface area (Å²) in [7, 11) is 0. The van der Waals surface area contributed by atoms with Crippen molar-refractivity contribution in [2.24, 2.45) is 17.8 Å². The van der Waals surface area contributed by atoms with Crippen LogP contribution in [0.5, 0.6) is 0 Å². The molecule has 0 spiro atoms. The van der Waals surface area contributed by atoms with Gasteiger partial charge in [0.15, 0.2) is 18.9 Å². The summed E-state index contributed by atoms with van der Waals surface area (Å²) in [4.78, 5) is 118. The van der Waals surface area contributed by atoms with Gasteiger partial charge in [0.05, 0.1) is 115 Å². The van der Waals surface area contributed by atoms with Crippen molar-refractivity contribution in [1.29, 1.82) is 0 Å². The van der Waals surface area contributed by atoms with Gasteiger partial charge in [-0.2, -0.15) is 0 Å². The standard InChI is InChI=1S/C107H201N9O32/c1-10-12-14-16-18-20-22-23-25-27-29-37-63-139-83(75-135-62-36-28-26-24-21-19-17-15-13-11-2)76-143-104(134)115-54-35-30-31-44-90(123)114-61-52-105(6,7)145-71-53-106(8,9)144-70-51-94(127)116-107(77-136-67-48-91(124)111-58-41-55-108-87(120)45-32-38-64-140-101-80(3)95(128)98(131)84(72-117)146-101,78-137-68-49-92(125)112-59-42-56-109-88(121)46-33-39-65-141-102-81(4)96(129)99(132)85(73-118)147-102)79-138-69-50-93(126)113-60-43-57-110-89(122)47-34-40-66-142-103-82(5)97(130)100(133)86(74-119)148-103/h80-86,95-103,117-119,128-133H,10-79H2,1-9H3,(H,108,120)(H,109,121)(H,110,122)(H,111,124)(H,112,125)(H,113,126)(H,114,123)(H,115,134)(H,116,127). The molecule has 0 bridgehead atoms. The molecule has 18 N–H and O–H groups in total. The third-order valence-corrected chi connectivity index (χ3v) is 26.9. The van der Waals surface area contributed by atoms with Gasteiger partial charge in [0, 0.05) is 148 Å². The number of carbonyl (C=O) groups is 9. The van der Waals surface area contributed by atoms with Crippen LogP contribution < -0.4 is 47.9 Å². The Morgan fingerprint density at radius 3 is 0.953 bits per heavy atom. The van der Waals surface area contributed by atoms with Crippen LogP contribution in [0.15, 0.2) is 0 Å². The molecule has 16 atom stereocenters.